The summed E-state index contributed by atoms with van der Waals surface area (Å²) in [5.41, 5.74) is 3.53. The standard InChI is InChI=1S/C25H29NOSi/c1-25(2,3)15-17-14-21(26-16-23(17)28(4,5)6)20-12-9-11-19-18-10-7-8-13-22(18)27-24(19)20/h7-14,16H,15H2,1-6H3/i15D2. The van der Waals surface area contributed by atoms with Crippen molar-refractivity contribution in [2.24, 2.45) is 5.41 Å². The molecule has 0 atom stereocenters. The maximum Gasteiger partial charge on any atom is 0.144 e. The van der Waals surface area contributed by atoms with E-state index >= 15 is 0 Å². The summed E-state index contributed by atoms with van der Waals surface area (Å²) in [7, 11) is -1.80. The van der Waals surface area contributed by atoms with Crippen LogP contribution in [0.15, 0.2) is 59.1 Å². The van der Waals surface area contributed by atoms with Gasteiger partial charge in [0.2, 0.25) is 0 Å². The third-order valence-electron chi connectivity index (χ3n) is 4.90. The Hall–Kier alpha value is -2.39. The molecule has 0 spiro atoms. The van der Waals surface area contributed by atoms with Crippen molar-refractivity contribution in [3.05, 3.63) is 60.3 Å². The third kappa shape index (κ3) is 3.51. The summed E-state index contributed by atoms with van der Waals surface area (Å²) in [5.74, 6) is 0. The van der Waals surface area contributed by atoms with Crippen molar-refractivity contribution in [2.75, 3.05) is 0 Å². The van der Waals surface area contributed by atoms with Gasteiger partial charge in [0.25, 0.3) is 0 Å². The number of aromatic nitrogens is 1. The maximum atomic E-state index is 8.99. The fraction of sp³-hybridized carbons (Fsp3) is 0.320. The van der Waals surface area contributed by atoms with Crippen LogP contribution in [0, 0.1) is 5.41 Å². The maximum absolute atomic E-state index is 8.99. The molecule has 0 bridgehead atoms. The second kappa shape index (κ2) is 6.59. The van der Waals surface area contributed by atoms with E-state index in [9.17, 15) is 0 Å². The Bertz CT molecular complexity index is 1250. The summed E-state index contributed by atoms with van der Waals surface area (Å²) >= 11 is 0. The van der Waals surface area contributed by atoms with Gasteiger partial charge in [0, 0.05) is 25.3 Å². The molecule has 144 valence electrons. The fourth-order valence-corrected chi connectivity index (χ4v) is 5.05. The van der Waals surface area contributed by atoms with E-state index in [0.29, 0.717) is 0 Å². The van der Waals surface area contributed by atoms with Crippen LogP contribution in [-0.4, -0.2) is 13.1 Å². The molecule has 0 saturated carbocycles. The highest BCUT2D eigenvalue weighted by molar-refractivity contribution is 6.89. The Morgan fingerprint density at radius 1 is 1.00 bits per heavy atom. The molecule has 0 N–H and O–H groups in total. The molecule has 4 aromatic rings. The molecule has 0 unspecified atom stereocenters. The molecule has 2 heterocycles. The quantitative estimate of drug-likeness (QED) is 0.361. The Morgan fingerprint density at radius 3 is 2.43 bits per heavy atom. The monoisotopic (exact) mass is 389 g/mol. The minimum Gasteiger partial charge on any atom is -0.455 e. The van der Waals surface area contributed by atoms with Gasteiger partial charge in [0.15, 0.2) is 0 Å². The molecule has 2 aromatic carbocycles. The van der Waals surface area contributed by atoms with E-state index in [1.54, 1.807) is 0 Å². The topological polar surface area (TPSA) is 26.0 Å². The van der Waals surface area contributed by atoms with Crippen LogP contribution >= 0.6 is 0 Å². The Kier molecular flexibility index (Phi) is 3.90. The highest BCUT2D eigenvalue weighted by Crippen LogP contribution is 2.35. The van der Waals surface area contributed by atoms with Gasteiger partial charge in [0.1, 0.15) is 11.2 Å². The van der Waals surface area contributed by atoms with Crippen LogP contribution in [0.3, 0.4) is 0 Å². The van der Waals surface area contributed by atoms with Gasteiger partial charge in [-0.15, -0.1) is 0 Å². The van der Waals surface area contributed by atoms with Crippen LogP contribution in [0.1, 0.15) is 29.1 Å². The molecule has 3 heteroatoms. The van der Waals surface area contributed by atoms with E-state index in [1.807, 2.05) is 63.4 Å². The van der Waals surface area contributed by atoms with Crippen molar-refractivity contribution in [3.8, 4) is 11.3 Å². The minimum absolute atomic E-state index is 0.536. The second-order valence-electron chi connectivity index (χ2n) is 9.52. The number of hydrogen-bond donors (Lipinski definition) is 0. The first-order valence-corrected chi connectivity index (χ1v) is 13.3. The van der Waals surface area contributed by atoms with Gasteiger partial charge in [-0.2, -0.15) is 0 Å². The van der Waals surface area contributed by atoms with Gasteiger partial charge >= 0.3 is 0 Å². The first-order chi connectivity index (χ1) is 13.9. The molecule has 0 aliphatic carbocycles. The Morgan fingerprint density at radius 2 is 1.71 bits per heavy atom. The molecule has 2 aromatic heterocycles. The molecule has 0 saturated heterocycles. The molecular weight excluding hydrogens is 358 g/mol. The van der Waals surface area contributed by atoms with E-state index in [0.717, 1.165) is 43.9 Å². The van der Waals surface area contributed by atoms with Gasteiger partial charge in [-0.3, -0.25) is 4.98 Å². The van der Waals surface area contributed by atoms with E-state index in [1.165, 1.54) is 0 Å². The number of hydrogen-bond acceptors (Lipinski definition) is 2. The molecular formula is C25H29NOSi. The van der Waals surface area contributed by atoms with Crippen LogP contribution in [0.5, 0.6) is 0 Å². The number of furan rings is 1. The van der Waals surface area contributed by atoms with Gasteiger partial charge in [-0.05, 0) is 40.7 Å². The van der Waals surface area contributed by atoms with Crippen LogP contribution in [0.4, 0.5) is 0 Å². The molecule has 4 rings (SSSR count). The van der Waals surface area contributed by atoms with E-state index < -0.39 is 19.9 Å². The zero-order valence-corrected chi connectivity index (χ0v) is 18.6. The van der Waals surface area contributed by atoms with Crippen molar-refractivity contribution in [3.63, 3.8) is 0 Å². The van der Waals surface area contributed by atoms with Crippen LogP contribution < -0.4 is 5.19 Å². The number of rotatable bonds is 3. The zero-order chi connectivity index (χ0) is 21.9. The molecule has 0 fully saturated rings. The molecule has 28 heavy (non-hydrogen) atoms. The highest BCUT2D eigenvalue weighted by atomic mass is 28.3. The van der Waals surface area contributed by atoms with Gasteiger partial charge in [0.05, 0.1) is 13.8 Å². The number of para-hydroxylation sites is 2. The smallest absolute Gasteiger partial charge is 0.144 e. The number of nitrogens with zero attached hydrogens (tertiary/aromatic N) is 1. The van der Waals surface area contributed by atoms with Crippen molar-refractivity contribution in [1.29, 1.82) is 0 Å². The molecule has 0 amide bonds. The lowest BCUT2D eigenvalue weighted by molar-refractivity contribution is 0.412. The summed E-state index contributed by atoms with van der Waals surface area (Å²) in [6.45, 7) is 12.6. The summed E-state index contributed by atoms with van der Waals surface area (Å²) in [6.07, 6.45) is 0.421. The van der Waals surface area contributed by atoms with Crippen LogP contribution in [0.25, 0.3) is 33.2 Å². The lowest BCUT2D eigenvalue weighted by Gasteiger charge is -2.26. The van der Waals surface area contributed by atoms with Gasteiger partial charge in [-0.25, -0.2) is 0 Å². The summed E-state index contributed by atoms with van der Waals surface area (Å²) in [5, 5.41) is 3.21. The predicted octanol–water partition coefficient (Wildman–Crippen LogP) is 6.78. The Labute approximate surface area is 171 Å². The molecule has 0 aliphatic heterocycles. The normalized spacial score (nSPS) is 14.4. The van der Waals surface area contributed by atoms with Gasteiger partial charge in [-0.1, -0.05) is 70.7 Å². The van der Waals surface area contributed by atoms with Crippen molar-refractivity contribution >= 4 is 35.2 Å². The number of pyridine rings is 1. The lowest BCUT2D eigenvalue weighted by Crippen LogP contribution is -2.41. The summed E-state index contributed by atoms with van der Waals surface area (Å²) in [4.78, 5) is 4.80. The predicted molar refractivity (Wildman–Crippen MR) is 123 cm³/mol. The van der Waals surface area contributed by atoms with E-state index in [-0.39, 0.29) is 0 Å². The lowest BCUT2D eigenvalue weighted by atomic mass is 9.88. The molecule has 0 radical (unpaired) electrons. The highest BCUT2D eigenvalue weighted by Gasteiger charge is 2.24. The largest absolute Gasteiger partial charge is 0.455 e. The SMILES string of the molecule is [2H]C([2H])(c1cc(-c2cccc3c2oc2ccccc23)ncc1[Si](C)(C)C)C(C)(C)C. The Balaban J connectivity index is 2.00. The number of benzene rings is 2. The molecule has 0 aliphatic rings. The molecule has 2 nitrogen and oxygen atoms in total. The fourth-order valence-electron chi connectivity index (χ4n) is 3.66. The minimum atomic E-state index is -1.80. The second-order valence-corrected chi connectivity index (χ2v) is 14.6. The summed E-state index contributed by atoms with van der Waals surface area (Å²) < 4.78 is 24.2. The first kappa shape index (κ1) is 16.6. The average molecular weight is 390 g/mol. The van der Waals surface area contributed by atoms with Crippen molar-refractivity contribution in [1.82, 2.24) is 4.98 Å². The van der Waals surface area contributed by atoms with Crippen molar-refractivity contribution < 1.29 is 7.16 Å². The number of fused-ring (bicyclic) bond motifs is 3. The first-order valence-electron chi connectivity index (χ1n) is 10.8. The zero-order valence-electron chi connectivity index (χ0n) is 19.6. The third-order valence-corrected chi connectivity index (χ3v) is 6.92. The average Bonchev–Trinajstić information content (AvgIpc) is 3.04. The summed E-state index contributed by atoms with van der Waals surface area (Å²) in [6, 6.07) is 16.1. The van der Waals surface area contributed by atoms with E-state index in [2.05, 4.69) is 31.8 Å². The van der Waals surface area contributed by atoms with Gasteiger partial charge < -0.3 is 4.42 Å². The van der Waals surface area contributed by atoms with Crippen molar-refractivity contribution in [2.45, 2.75) is 46.8 Å². The van der Waals surface area contributed by atoms with E-state index in [4.69, 9.17) is 12.1 Å². The van der Waals surface area contributed by atoms with Crippen LogP contribution in [-0.2, 0) is 6.37 Å². The van der Waals surface area contributed by atoms with Crippen LogP contribution in [0.2, 0.25) is 19.6 Å².